The lowest BCUT2D eigenvalue weighted by molar-refractivity contribution is -0.120. The average Bonchev–Trinajstić information content (AvgIpc) is 3.11. The standard InChI is InChI=1S/C26H24ClF2N3O4/c1-14-22(23-19(28)11-17(35-2)12-20(23)29)18(13-31-25(33)15-6-8-16(27)9-7-15)26(34)32(14)24-21(36-3)5-4-10-30-24/h4-12,14,18,22H,13H2,1-3H3,(H,31,33)/t14-,18?,22-/m1/s1. The summed E-state index contributed by atoms with van der Waals surface area (Å²) in [5, 5.41) is 3.19. The van der Waals surface area contributed by atoms with Gasteiger partial charge in [-0.25, -0.2) is 13.8 Å². The monoisotopic (exact) mass is 515 g/mol. The highest BCUT2D eigenvalue weighted by Gasteiger charge is 2.50. The van der Waals surface area contributed by atoms with Crippen molar-refractivity contribution < 1.29 is 27.8 Å². The van der Waals surface area contributed by atoms with Crippen LogP contribution in [0.4, 0.5) is 14.6 Å². The van der Waals surface area contributed by atoms with E-state index in [0.29, 0.717) is 16.3 Å². The van der Waals surface area contributed by atoms with Gasteiger partial charge in [0.05, 0.1) is 20.1 Å². The highest BCUT2D eigenvalue weighted by Crippen LogP contribution is 2.45. The van der Waals surface area contributed by atoms with Crippen molar-refractivity contribution >= 4 is 29.2 Å². The van der Waals surface area contributed by atoms with Crippen molar-refractivity contribution in [1.29, 1.82) is 0 Å². The molecule has 1 aliphatic rings. The van der Waals surface area contributed by atoms with Gasteiger partial charge in [-0.05, 0) is 43.3 Å². The number of amides is 2. The fraction of sp³-hybridized carbons (Fsp3) is 0.269. The van der Waals surface area contributed by atoms with E-state index in [1.807, 2.05) is 0 Å². The summed E-state index contributed by atoms with van der Waals surface area (Å²) < 4.78 is 40.8. The predicted octanol–water partition coefficient (Wildman–Crippen LogP) is 4.60. The Morgan fingerprint density at radius 1 is 1.11 bits per heavy atom. The van der Waals surface area contributed by atoms with Gasteiger partial charge in [-0.1, -0.05) is 11.6 Å². The molecular weight excluding hydrogens is 492 g/mol. The van der Waals surface area contributed by atoms with Crippen LogP contribution in [-0.2, 0) is 4.79 Å². The number of carbonyl (C=O) groups excluding carboxylic acids is 2. The number of hydrogen-bond acceptors (Lipinski definition) is 5. The number of aromatic nitrogens is 1. The molecule has 1 N–H and O–H groups in total. The Bertz CT molecular complexity index is 1270. The largest absolute Gasteiger partial charge is 0.497 e. The average molecular weight is 516 g/mol. The van der Waals surface area contributed by atoms with Crippen molar-refractivity contribution in [1.82, 2.24) is 10.3 Å². The summed E-state index contributed by atoms with van der Waals surface area (Å²) in [7, 11) is 2.75. The quantitative estimate of drug-likeness (QED) is 0.497. The number of carbonyl (C=O) groups is 2. The third-order valence-electron chi connectivity index (χ3n) is 6.32. The minimum absolute atomic E-state index is 0.0153. The van der Waals surface area contributed by atoms with Gasteiger partial charge in [0.2, 0.25) is 5.91 Å². The fourth-order valence-corrected chi connectivity index (χ4v) is 4.74. The second-order valence-electron chi connectivity index (χ2n) is 8.33. The number of benzene rings is 2. The van der Waals surface area contributed by atoms with Crippen LogP contribution in [0.1, 0.15) is 28.8 Å². The van der Waals surface area contributed by atoms with Crippen LogP contribution < -0.4 is 19.7 Å². The Labute approximate surface area is 212 Å². The lowest BCUT2D eigenvalue weighted by Gasteiger charge is -2.26. The Morgan fingerprint density at radius 2 is 1.78 bits per heavy atom. The number of rotatable bonds is 7. The van der Waals surface area contributed by atoms with E-state index in [2.05, 4.69) is 10.3 Å². The molecule has 1 aromatic heterocycles. The predicted molar refractivity (Wildman–Crippen MR) is 131 cm³/mol. The van der Waals surface area contributed by atoms with Gasteiger partial charge in [-0.2, -0.15) is 0 Å². The zero-order valence-corrected chi connectivity index (χ0v) is 20.6. The van der Waals surface area contributed by atoms with Crippen LogP contribution in [0.5, 0.6) is 11.5 Å². The van der Waals surface area contributed by atoms with E-state index in [4.69, 9.17) is 21.1 Å². The molecule has 2 aromatic carbocycles. The molecule has 4 rings (SSSR count). The van der Waals surface area contributed by atoms with Crippen LogP contribution in [-0.4, -0.2) is 43.6 Å². The van der Waals surface area contributed by atoms with E-state index >= 15 is 8.78 Å². The second-order valence-corrected chi connectivity index (χ2v) is 8.77. The lowest BCUT2D eigenvalue weighted by Crippen LogP contribution is -2.36. The highest BCUT2D eigenvalue weighted by molar-refractivity contribution is 6.30. The number of pyridine rings is 1. The van der Waals surface area contributed by atoms with Gasteiger partial charge in [0.15, 0.2) is 11.6 Å². The van der Waals surface area contributed by atoms with E-state index in [1.54, 1.807) is 43.3 Å². The van der Waals surface area contributed by atoms with Crippen LogP contribution in [0.15, 0.2) is 54.7 Å². The number of nitrogens with zero attached hydrogens (tertiary/aromatic N) is 2. The smallest absolute Gasteiger partial charge is 0.251 e. The van der Waals surface area contributed by atoms with E-state index in [0.717, 1.165) is 12.1 Å². The van der Waals surface area contributed by atoms with E-state index in [9.17, 15) is 9.59 Å². The molecule has 7 nitrogen and oxygen atoms in total. The molecule has 3 atom stereocenters. The SMILES string of the molecule is COc1cc(F)c([C@H]2C(CNC(=O)c3ccc(Cl)cc3)C(=O)N(c3ncccc3OC)[C@@H]2C)c(F)c1. The van der Waals surface area contributed by atoms with Gasteiger partial charge < -0.3 is 14.8 Å². The lowest BCUT2D eigenvalue weighted by atomic mass is 9.83. The summed E-state index contributed by atoms with van der Waals surface area (Å²) in [5.41, 5.74) is 0.0688. The van der Waals surface area contributed by atoms with Crippen molar-refractivity contribution in [2.24, 2.45) is 5.92 Å². The topological polar surface area (TPSA) is 80.8 Å². The van der Waals surface area contributed by atoms with Gasteiger partial charge in [-0.3, -0.25) is 14.5 Å². The third-order valence-corrected chi connectivity index (χ3v) is 6.58. The third kappa shape index (κ3) is 4.70. The first-order valence-corrected chi connectivity index (χ1v) is 11.5. The Balaban J connectivity index is 1.73. The van der Waals surface area contributed by atoms with Crippen molar-refractivity contribution in [3.63, 3.8) is 0 Å². The zero-order chi connectivity index (χ0) is 26.0. The van der Waals surface area contributed by atoms with Crippen LogP contribution in [0.3, 0.4) is 0 Å². The minimum Gasteiger partial charge on any atom is -0.497 e. The van der Waals surface area contributed by atoms with Crippen LogP contribution in [0.2, 0.25) is 5.02 Å². The summed E-state index contributed by atoms with van der Waals surface area (Å²) >= 11 is 5.89. The number of methoxy groups -OCH3 is 2. The first kappa shape index (κ1) is 25.4. The maximum Gasteiger partial charge on any atom is 0.251 e. The molecule has 1 fully saturated rings. The Hall–Kier alpha value is -3.72. The van der Waals surface area contributed by atoms with E-state index in [1.165, 1.54) is 25.3 Å². The first-order valence-electron chi connectivity index (χ1n) is 11.2. The zero-order valence-electron chi connectivity index (χ0n) is 19.8. The molecule has 0 aliphatic carbocycles. The second kappa shape index (κ2) is 10.5. The molecule has 3 aromatic rings. The van der Waals surface area contributed by atoms with Crippen LogP contribution in [0, 0.1) is 17.6 Å². The molecular formula is C26H24ClF2N3O4. The minimum atomic E-state index is -0.986. The molecule has 10 heteroatoms. The van der Waals surface area contributed by atoms with Crippen LogP contribution >= 0.6 is 11.6 Å². The fourth-order valence-electron chi connectivity index (χ4n) is 4.61. The summed E-state index contributed by atoms with van der Waals surface area (Å²) in [5.74, 6) is -3.95. The molecule has 188 valence electrons. The number of nitrogens with one attached hydrogen (secondary N) is 1. The molecule has 1 saturated heterocycles. The highest BCUT2D eigenvalue weighted by atomic mass is 35.5. The maximum atomic E-state index is 15.2. The summed E-state index contributed by atoms with van der Waals surface area (Å²) in [6, 6.07) is 10.9. The molecule has 0 saturated carbocycles. The Kier molecular flexibility index (Phi) is 7.40. The number of anilines is 1. The van der Waals surface area contributed by atoms with Crippen molar-refractivity contribution in [2.75, 3.05) is 25.7 Å². The summed E-state index contributed by atoms with van der Waals surface area (Å²) in [6.45, 7) is 1.52. The van der Waals surface area contributed by atoms with Crippen molar-refractivity contribution in [3.8, 4) is 11.5 Å². The summed E-state index contributed by atoms with van der Waals surface area (Å²) in [6.07, 6.45) is 1.50. The normalized spacial score (nSPS) is 19.3. The van der Waals surface area contributed by atoms with Crippen LogP contribution in [0.25, 0.3) is 0 Å². The molecule has 0 spiro atoms. The van der Waals surface area contributed by atoms with E-state index < -0.39 is 41.3 Å². The number of hydrogen-bond donors (Lipinski definition) is 1. The molecule has 1 aliphatic heterocycles. The molecule has 2 amide bonds. The number of halogens is 3. The molecule has 0 radical (unpaired) electrons. The first-order chi connectivity index (χ1) is 17.3. The van der Waals surface area contributed by atoms with Crippen molar-refractivity contribution in [3.05, 3.63) is 82.5 Å². The van der Waals surface area contributed by atoms with Crippen molar-refractivity contribution in [2.45, 2.75) is 18.9 Å². The molecule has 36 heavy (non-hydrogen) atoms. The van der Waals surface area contributed by atoms with Gasteiger partial charge >= 0.3 is 0 Å². The maximum absolute atomic E-state index is 15.2. The molecule has 1 unspecified atom stereocenters. The van der Waals surface area contributed by atoms with Gasteiger partial charge in [-0.15, -0.1) is 0 Å². The van der Waals surface area contributed by atoms with Gasteiger partial charge in [0.1, 0.15) is 17.4 Å². The van der Waals surface area contributed by atoms with E-state index in [-0.39, 0.29) is 23.7 Å². The summed E-state index contributed by atoms with van der Waals surface area (Å²) in [4.78, 5) is 32.1. The van der Waals surface area contributed by atoms with Gasteiger partial charge in [0, 0.05) is 53.0 Å². The van der Waals surface area contributed by atoms with Gasteiger partial charge in [0.25, 0.3) is 5.91 Å². The number of ether oxygens (including phenoxy) is 2. The Morgan fingerprint density at radius 3 is 2.39 bits per heavy atom. The molecule has 0 bridgehead atoms. The molecule has 2 heterocycles.